The van der Waals surface area contributed by atoms with Gasteiger partial charge in [0.1, 0.15) is 11.6 Å². The van der Waals surface area contributed by atoms with Gasteiger partial charge in [-0.3, -0.25) is 9.59 Å². The fourth-order valence-electron chi connectivity index (χ4n) is 5.80. The van der Waals surface area contributed by atoms with Crippen LogP contribution in [0.4, 0.5) is 0 Å². The number of carbonyl (C=O) groups is 2. The minimum atomic E-state index is 0.211. The highest BCUT2D eigenvalue weighted by molar-refractivity contribution is 6.06. The van der Waals surface area contributed by atoms with Crippen molar-refractivity contribution in [1.82, 2.24) is 0 Å². The first-order valence-corrected chi connectivity index (χ1v) is 5.38. The fraction of sp³-hybridized carbons (Fsp3) is 0.818. The van der Waals surface area contributed by atoms with E-state index in [1.807, 2.05) is 0 Å². The molecule has 0 N–H and O–H groups in total. The van der Waals surface area contributed by atoms with Crippen LogP contribution in [0.2, 0.25) is 0 Å². The smallest absolute Gasteiger partial charge is 0.141 e. The van der Waals surface area contributed by atoms with Gasteiger partial charge in [0.05, 0.1) is 0 Å². The second-order valence-electron chi connectivity index (χ2n) is 5.63. The van der Waals surface area contributed by atoms with Crippen molar-refractivity contribution in [2.75, 3.05) is 0 Å². The number of rotatable bonds is 0. The van der Waals surface area contributed by atoms with Gasteiger partial charge in [0.2, 0.25) is 0 Å². The normalized spacial score (nSPS) is 74.2. The predicted octanol–water partition coefficient (Wildman–Crippen LogP) is 0.512. The first-order chi connectivity index (χ1) is 6.30. The summed E-state index contributed by atoms with van der Waals surface area (Å²) in [7, 11) is 0. The van der Waals surface area contributed by atoms with Gasteiger partial charge in [0, 0.05) is 23.7 Å². The lowest BCUT2D eigenvalue weighted by Gasteiger charge is -2.42. The summed E-state index contributed by atoms with van der Waals surface area (Å²) in [5.74, 6) is 4.49. The maximum Gasteiger partial charge on any atom is 0.141 e. The maximum atomic E-state index is 11.9. The monoisotopic (exact) mass is 174 g/mol. The Balaban J connectivity index is 1.92. The largest absolute Gasteiger partial charge is 0.299 e. The molecular weight excluding hydrogens is 164 g/mol. The van der Waals surface area contributed by atoms with Crippen molar-refractivity contribution >= 4 is 11.6 Å². The molecule has 0 saturated heterocycles. The Labute approximate surface area is 75.7 Å². The van der Waals surface area contributed by atoms with E-state index in [-0.39, 0.29) is 23.7 Å². The summed E-state index contributed by atoms with van der Waals surface area (Å²) >= 11 is 0. The standard InChI is InChI=1S/C11H10O2/c12-10-6-2-1-3-5-4(2)8(10)9(5)11(13)7(3)6/h2-9H,1H2/t2-,3+,4?,5?,6?,7?,8?,9?. The maximum absolute atomic E-state index is 11.9. The van der Waals surface area contributed by atoms with Gasteiger partial charge in [0.25, 0.3) is 0 Å². The van der Waals surface area contributed by atoms with Crippen molar-refractivity contribution in [3.05, 3.63) is 0 Å². The van der Waals surface area contributed by atoms with Gasteiger partial charge in [0.15, 0.2) is 0 Å². The Bertz CT molecular complexity index is 346. The average molecular weight is 174 g/mol. The minimum absolute atomic E-state index is 0.211. The second-order valence-corrected chi connectivity index (χ2v) is 5.63. The summed E-state index contributed by atoms with van der Waals surface area (Å²) in [4.78, 5) is 23.8. The lowest BCUT2D eigenvalue weighted by atomic mass is 9.59. The molecule has 5 aliphatic carbocycles. The summed E-state index contributed by atoms with van der Waals surface area (Å²) in [6, 6.07) is 0. The number of hydrogen-bond donors (Lipinski definition) is 0. The molecule has 66 valence electrons. The van der Waals surface area contributed by atoms with E-state index in [1.54, 1.807) is 0 Å². The zero-order valence-corrected chi connectivity index (χ0v) is 7.14. The number of hydrogen-bond acceptors (Lipinski definition) is 2. The molecule has 6 unspecified atom stereocenters. The molecule has 0 radical (unpaired) electrons. The third-order valence-corrected chi connectivity index (χ3v) is 5.82. The van der Waals surface area contributed by atoms with E-state index in [2.05, 4.69) is 0 Å². The molecule has 5 saturated carbocycles. The van der Waals surface area contributed by atoms with Gasteiger partial charge in [-0.15, -0.1) is 0 Å². The van der Waals surface area contributed by atoms with E-state index >= 15 is 0 Å². The number of ketones is 2. The molecule has 2 bridgehead atoms. The molecule has 8 atom stereocenters. The molecule has 0 aromatic carbocycles. The van der Waals surface area contributed by atoms with E-state index in [0.29, 0.717) is 35.2 Å². The molecular formula is C11H10O2. The molecule has 5 rings (SSSR count). The van der Waals surface area contributed by atoms with Crippen molar-refractivity contribution in [2.45, 2.75) is 6.42 Å². The van der Waals surface area contributed by atoms with Crippen molar-refractivity contribution in [3.63, 3.8) is 0 Å². The molecule has 5 aliphatic rings. The van der Waals surface area contributed by atoms with Gasteiger partial charge in [-0.25, -0.2) is 0 Å². The van der Waals surface area contributed by atoms with Crippen LogP contribution >= 0.6 is 0 Å². The van der Waals surface area contributed by atoms with Crippen LogP contribution in [0.5, 0.6) is 0 Å². The molecule has 5 fully saturated rings. The Morgan fingerprint density at radius 2 is 1.23 bits per heavy atom. The van der Waals surface area contributed by atoms with Crippen LogP contribution < -0.4 is 0 Å². The first kappa shape index (κ1) is 5.94. The van der Waals surface area contributed by atoms with Crippen LogP contribution in [0.1, 0.15) is 6.42 Å². The Kier molecular flexibility index (Phi) is 0.602. The van der Waals surface area contributed by atoms with Gasteiger partial charge >= 0.3 is 0 Å². The summed E-state index contributed by atoms with van der Waals surface area (Å²) in [5, 5.41) is 0. The Morgan fingerprint density at radius 1 is 0.769 bits per heavy atom. The SMILES string of the molecule is O=C1C2C3C(=O)C4C1[C@H]1C[C@@H]4C3C21. The zero-order valence-electron chi connectivity index (χ0n) is 7.14. The van der Waals surface area contributed by atoms with E-state index in [4.69, 9.17) is 0 Å². The highest BCUT2D eigenvalue weighted by Crippen LogP contribution is 2.80. The number of Topliss-reactive ketones (excluding diaryl/α,β-unsaturated/α-hetero) is 2. The molecule has 2 heteroatoms. The number of carbonyl (C=O) groups excluding carboxylic acids is 2. The lowest BCUT2D eigenvalue weighted by Crippen LogP contribution is -2.47. The van der Waals surface area contributed by atoms with Gasteiger partial charge in [-0.2, -0.15) is 0 Å². The highest BCUT2D eigenvalue weighted by atomic mass is 16.1. The van der Waals surface area contributed by atoms with E-state index in [9.17, 15) is 9.59 Å². The van der Waals surface area contributed by atoms with Crippen LogP contribution in [0.3, 0.4) is 0 Å². The Hall–Kier alpha value is -0.660. The van der Waals surface area contributed by atoms with Gasteiger partial charge < -0.3 is 0 Å². The average Bonchev–Trinajstić information content (AvgIpc) is 2.52. The highest BCUT2D eigenvalue weighted by Gasteiger charge is 2.84. The topological polar surface area (TPSA) is 34.1 Å². The molecule has 0 amide bonds. The summed E-state index contributed by atoms with van der Waals surface area (Å²) < 4.78 is 0. The third kappa shape index (κ3) is 0.323. The summed E-state index contributed by atoms with van der Waals surface area (Å²) in [5.41, 5.74) is 0. The van der Waals surface area contributed by atoms with E-state index in [1.165, 1.54) is 6.42 Å². The molecule has 0 aromatic rings. The van der Waals surface area contributed by atoms with Crippen LogP contribution in [0.25, 0.3) is 0 Å². The first-order valence-electron chi connectivity index (χ1n) is 5.38. The summed E-state index contributed by atoms with van der Waals surface area (Å²) in [6.07, 6.45) is 1.22. The molecule has 0 heterocycles. The molecule has 0 aliphatic heterocycles. The van der Waals surface area contributed by atoms with E-state index < -0.39 is 0 Å². The van der Waals surface area contributed by atoms with Crippen LogP contribution in [0.15, 0.2) is 0 Å². The van der Waals surface area contributed by atoms with Crippen LogP contribution in [0, 0.1) is 47.3 Å². The molecule has 0 spiro atoms. The van der Waals surface area contributed by atoms with Gasteiger partial charge in [-0.05, 0) is 30.1 Å². The molecule has 0 aromatic heterocycles. The second kappa shape index (κ2) is 1.32. The molecule has 2 nitrogen and oxygen atoms in total. The van der Waals surface area contributed by atoms with Crippen molar-refractivity contribution in [1.29, 1.82) is 0 Å². The van der Waals surface area contributed by atoms with Crippen molar-refractivity contribution in [3.8, 4) is 0 Å². The predicted molar refractivity (Wildman–Crippen MR) is 42.6 cm³/mol. The van der Waals surface area contributed by atoms with Crippen LogP contribution in [-0.4, -0.2) is 11.6 Å². The van der Waals surface area contributed by atoms with Crippen molar-refractivity contribution < 1.29 is 9.59 Å². The van der Waals surface area contributed by atoms with Gasteiger partial charge in [-0.1, -0.05) is 0 Å². The van der Waals surface area contributed by atoms with Crippen molar-refractivity contribution in [2.24, 2.45) is 47.3 Å². The molecule has 13 heavy (non-hydrogen) atoms. The quantitative estimate of drug-likeness (QED) is 0.536. The Morgan fingerprint density at radius 3 is 1.69 bits per heavy atom. The minimum Gasteiger partial charge on any atom is -0.299 e. The number of fused-ring (bicyclic) bond motifs is 2. The van der Waals surface area contributed by atoms with E-state index in [0.717, 1.165) is 0 Å². The fourth-order valence-corrected chi connectivity index (χ4v) is 5.80. The zero-order chi connectivity index (χ0) is 8.48. The summed E-state index contributed by atoms with van der Waals surface area (Å²) in [6.45, 7) is 0. The lowest BCUT2D eigenvalue weighted by molar-refractivity contribution is -0.145. The van der Waals surface area contributed by atoms with Crippen LogP contribution in [-0.2, 0) is 9.59 Å². The third-order valence-electron chi connectivity index (χ3n) is 5.82.